The van der Waals surface area contributed by atoms with Crippen LogP contribution in [-0.4, -0.2) is 31.8 Å². The lowest BCUT2D eigenvalue weighted by atomic mass is 9.94. The van der Waals surface area contributed by atoms with Crippen LogP contribution >= 0.6 is 27.3 Å². The van der Waals surface area contributed by atoms with Crippen molar-refractivity contribution in [3.63, 3.8) is 0 Å². The zero-order chi connectivity index (χ0) is 33.8. The van der Waals surface area contributed by atoms with Gasteiger partial charge in [-0.2, -0.15) is 0 Å². The molecule has 2 heterocycles. The normalized spacial score (nSPS) is 14.2. The standard InChI is InChI=1S/C37H32BrN3O6S/c1-22-33(35(42)40-25-13-9-6-10-14-25)34(27-16-15-26(44-2)19-29(27)45-3)41-36(43)32(48-37(41)39-22)18-24-17-30(46-4)31(20-28(24)38)47-21-23-11-7-5-8-12-23/h5-20,34H,21H2,1-4H3,(H,40,42)/b32-18-/t34-/m1/s1. The number of ether oxygens (including phenoxy) is 4. The average molecular weight is 727 g/mol. The first-order valence-electron chi connectivity index (χ1n) is 15.0. The highest BCUT2D eigenvalue weighted by atomic mass is 79.9. The summed E-state index contributed by atoms with van der Waals surface area (Å²) in [5, 5.41) is 2.97. The van der Waals surface area contributed by atoms with E-state index in [9.17, 15) is 9.59 Å². The van der Waals surface area contributed by atoms with E-state index in [0.717, 1.165) is 5.56 Å². The molecule has 0 radical (unpaired) electrons. The van der Waals surface area contributed by atoms with E-state index >= 15 is 0 Å². The number of thiazole rings is 1. The number of carbonyl (C=O) groups is 1. The molecule has 4 aromatic carbocycles. The van der Waals surface area contributed by atoms with Crippen molar-refractivity contribution in [2.45, 2.75) is 19.6 Å². The summed E-state index contributed by atoms with van der Waals surface area (Å²) in [7, 11) is 4.68. The first-order chi connectivity index (χ1) is 23.3. The lowest BCUT2D eigenvalue weighted by Gasteiger charge is -2.26. The van der Waals surface area contributed by atoms with Gasteiger partial charge in [-0.3, -0.25) is 14.2 Å². The van der Waals surface area contributed by atoms with E-state index in [1.54, 1.807) is 63.2 Å². The van der Waals surface area contributed by atoms with Crippen molar-refractivity contribution in [2.75, 3.05) is 26.6 Å². The van der Waals surface area contributed by atoms with Gasteiger partial charge in [0.15, 0.2) is 16.3 Å². The number of allylic oxidation sites excluding steroid dienone is 1. The highest BCUT2D eigenvalue weighted by Gasteiger charge is 2.34. The van der Waals surface area contributed by atoms with E-state index in [0.29, 0.717) is 71.5 Å². The van der Waals surface area contributed by atoms with Crippen LogP contribution in [0.25, 0.3) is 6.08 Å². The van der Waals surface area contributed by atoms with Crippen LogP contribution in [0.15, 0.2) is 117 Å². The molecule has 6 rings (SSSR count). The highest BCUT2D eigenvalue weighted by molar-refractivity contribution is 9.10. The molecule has 9 nitrogen and oxygen atoms in total. The van der Waals surface area contributed by atoms with Gasteiger partial charge in [0, 0.05) is 21.8 Å². The van der Waals surface area contributed by atoms with Gasteiger partial charge in [-0.05, 0) is 60.5 Å². The SMILES string of the molecule is COc1ccc([C@@H]2C(C(=O)Nc3ccccc3)=C(C)N=c3s/c(=C\c4cc(OC)c(OCc5ccccc5)cc4Br)c(=O)n32)c(OC)c1. The number of hydrogen-bond donors (Lipinski definition) is 1. The number of hydrogen-bond acceptors (Lipinski definition) is 8. The third-order valence-corrected chi connectivity index (χ3v) is 9.51. The number of nitrogens with one attached hydrogen (secondary N) is 1. The number of anilines is 1. The van der Waals surface area contributed by atoms with Gasteiger partial charge in [0.25, 0.3) is 11.5 Å². The van der Waals surface area contributed by atoms with Crippen LogP contribution in [0.3, 0.4) is 0 Å². The molecule has 1 aliphatic rings. The fourth-order valence-electron chi connectivity index (χ4n) is 5.48. The largest absolute Gasteiger partial charge is 0.497 e. The molecule has 0 saturated carbocycles. The van der Waals surface area contributed by atoms with Crippen molar-refractivity contribution < 1.29 is 23.7 Å². The fourth-order valence-corrected chi connectivity index (χ4v) is 6.95. The van der Waals surface area contributed by atoms with Crippen molar-refractivity contribution in [2.24, 2.45) is 4.99 Å². The smallest absolute Gasteiger partial charge is 0.271 e. The third-order valence-electron chi connectivity index (χ3n) is 7.84. The lowest BCUT2D eigenvalue weighted by molar-refractivity contribution is -0.113. The van der Waals surface area contributed by atoms with Crippen molar-refractivity contribution >= 4 is 44.9 Å². The predicted octanol–water partition coefficient (Wildman–Crippen LogP) is 6.24. The number of nitrogens with zero attached hydrogens (tertiary/aromatic N) is 2. The van der Waals surface area contributed by atoms with Crippen molar-refractivity contribution in [1.82, 2.24) is 4.57 Å². The summed E-state index contributed by atoms with van der Waals surface area (Å²) in [4.78, 5) is 33.5. The molecule has 0 aliphatic carbocycles. The van der Waals surface area contributed by atoms with Crippen LogP contribution in [0.1, 0.15) is 29.7 Å². The number of carbonyl (C=O) groups excluding carboxylic acids is 1. The van der Waals surface area contributed by atoms with Gasteiger partial charge in [0.1, 0.15) is 24.1 Å². The third kappa shape index (κ3) is 6.65. The zero-order valence-corrected chi connectivity index (χ0v) is 29.1. The van der Waals surface area contributed by atoms with Crippen LogP contribution in [0.2, 0.25) is 0 Å². The minimum absolute atomic E-state index is 0.311. The second kappa shape index (κ2) is 14.3. The molecule has 0 bridgehead atoms. The second-order valence-corrected chi connectivity index (χ2v) is 12.7. The highest BCUT2D eigenvalue weighted by Crippen LogP contribution is 2.38. The first-order valence-corrected chi connectivity index (χ1v) is 16.6. The second-order valence-electron chi connectivity index (χ2n) is 10.8. The number of para-hydroxylation sites is 1. The minimum Gasteiger partial charge on any atom is -0.497 e. The Labute approximate surface area is 289 Å². The molecule has 1 aliphatic heterocycles. The summed E-state index contributed by atoms with van der Waals surface area (Å²) in [6, 6.07) is 27.1. The summed E-state index contributed by atoms with van der Waals surface area (Å²) in [5.74, 6) is 1.74. The van der Waals surface area contributed by atoms with E-state index < -0.39 is 6.04 Å². The Morgan fingerprint density at radius 3 is 2.31 bits per heavy atom. The van der Waals surface area contributed by atoms with Gasteiger partial charge >= 0.3 is 0 Å². The first kappa shape index (κ1) is 32.8. The molecular weight excluding hydrogens is 694 g/mol. The molecule has 1 atom stereocenters. The number of aromatic nitrogens is 1. The van der Waals surface area contributed by atoms with E-state index in [1.165, 1.54) is 11.3 Å². The maximum absolute atomic E-state index is 14.3. The molecule has 0 fully saturated rings. The minimum atomic E-state index is -0.834. The Balaban J connectivity index is 1.45. The van der Waals surface area contributed by atoms with E-state index in [2.05, 4.69) is 21.2 Å². The topological polar surface area (TPSA) is 100 Å². The molecule has 48 heavy (non-hydrogen) atoms. The Morgan fingerprint density at radius 1 is 0.917 bits per heavy atom. The van der Waals surface area contributed by atoms with Crippen LogP contribution in [0, 0.1) is 0 Å². The fraction of sp³-hybridized carbons (Fsp3) is 0.162. The van der Waals surface area contributed by atoms with Gasteiger partial charge in [0.05, 0.1) is 37.1 Å². The van der Waals surface area contributed by atoms with E-state index in [-0.39, 0.29) is 11.5 Å². The molecule has 0 unspecified atom stereocenters. The monoisotopic (exact) mass is 725 g/mol. The molecule has 1 N–H and O–H groups in total. The van der Waals surface area contributed by atoms with E-state index in [1.807, 2.05) is 66.7 Å². The Hall–Kier alpha value is -5.13. The summed E-state index contributed by atoms with van der Waals surface area (Å²) in [5.41, 5.74) is 3.47. The van der Waals surface area contributed by atoms with Gasteiger partial charge in [0.2, 0.25) is 0 Å². The number of methoxy groups -OCH3 is 3. The van der Waals surface area contributed by atoms with Crippen LogP contribution in [-0.2, 0) is 11.4 Å². The predicted molar refractivity (Wildman–Crippen MR) is 190 cm³/mol. The average Bonchev–Trinajstić information content (AvgIpc) is 3.41. The summed E-state index contributed by atoms with van der Waals surface area (Å²) >= 11 is 4.89. The van der Waals surface area contributed by atoms with Gasteiger partial charge in [-0.25, -0.2) is 4.99 Å². The molecule has 244 valence electrons. The maximum Gasteiger partial charge on any atom is 0.271 e. The molecule has 0 spiro atoms. The molecular formula is C37H32BrN3O6S. The number of benzene rings is 4. The Morgan fingerprint density at radius 2 is 1.62 bits per heavy atom. The number of amides is 1. The number of rotatable bonds is 10. The van der Waals surface area contributed by atoms with Gasteiger partial charge in [-0.1, -0.05) is 75.8 Å². The Kier molecular flexibility index (Phi) is 9.79. The summed E-state index contributed by atoms with van der Waals surface area (Å²) < 4.78 is 25.6. The summed E-state index contributed by atoms with van der Waals surface area (Å²) in [6.07, 6.45) is 1.78. The van der Waals surface area contributed by atoms with Crippen LogP contribution in [0.5, 0.6) is 23.0 Å². The molecule has 0 saturated heterocycles. The quantitative estimate of drug-likeness (QED) is 0.183. The number of fused-ring (bicyclic) bond motifs is 1. The number of halogens is 1. The van der Waals surface area contributed by atoms with Gasteiger partial charge < -0.3 is 24.3 Å². The van der Waals surface area contributed by atoms with Crippen LogP contribution in [0.4, 0.5) is 5.69 Å². The molecule has 11 heteroatoms. The maximum atomic E-state index is 14.3. The van der Waals surface area contributed by atoms with Gasteiger partial charge in [-0.15, -0.1) is 0 Å². The molecule has 5 aromatic rings. The zero-order valence-electron chi connectivity index (χ0n) is 26.7. The Bertz CT molecular complexity index is 2200. The van der Waals surface area contributed by atoms with Crippen molar-refractivity contribution in [1.29, 1.82) is 0 Å². The lowest BCUT2D eigenvalue weighted by Crippen LogP contribution is -2.40. The summed E-state index contributed by atoms with van der Waals surface area (Å²) in [6.45, 7) is 2.14. The molecule has 1 amide bonds. The molecule has 1 aromatic heterocycles. The van der Waals surface area contributed by atoms with E-state index in [4.69, 9.17) is 23.9 Å². The van der Waals surface area contributed by atoms with Crippen molar-refractivity contribution in [3.8, 4) is 23.0 Å². The van der Waals surface area contributed by atoms with Crippen LogP contribution < -0.4 is 39.2 Å². The van der Waals surface area contributed by atoms with Crippen molar-refractivity contribution in [3.05, 3.63) is 143 Å².